The Morgan fingerprint density at radius 1 is 1.06 bits per heavy atom. The van der Waals surface area contributed by atoms with Gasteiger partial charge in [-0.05, 0) is 92.9 Å². The van der Waals surface area contributed by atoms with Gasteiger partial charge in [0.15, 0.2) is 0 Å². The molecule has 182 valence electrons. The molecule has 0 radical (unpaired) electrons. The minimum atomic E-state index is -0.369. The van der Waals surface area contributed by atoms with Crippen molar-refractivity contribution in [1.29, 1.82) is 0 Å². The highest BCUT2D eigenvalue weighted by molar-refractivity contribution is 5.86. The van der Waals surface area contributed by atoms with Crippen molar-refractivity contribution in [2.45, 2.75) is 64.7 Å². The quantitative estimate of drug-likeness (QED) is 0.218. The number of hydrogen-bond acceptors (Lipinski definition) is 3. The van der Waals surface area contributed by atoms with Crippen molar-refractivity contribution in [2.75, 3.05) is 13.2 Å². The number of ether oxygens (including phenoxy) is 1. The van der Waals surface area contributed by atoms with E-state index in [2.05, 4.69) is 74.2 Å². The number of esters is 1. The largest absolute Gasteiger partial charge is 0.462 e. The second-order valence-electron chi connectivity index (χ2n) is 9.81. The van der Waals surface area contributed by atoms with Crippen LogP contribution in [0, 0.1) is 11.8 Å². The Labute approximate surface area is 205 Å². The third-order valence-electron chi connectivity index (χ3n) is 7.07. The van der Waals surface area contributed by atoms with Crippen molar-refractivity contribution in [3.63, 3.8) is 0 Å². The van der Waals surface area contributed by atoms with Gasteiger partial charge in [0.2, 0.25) is 0 Å². The number of rotatable bonds is 11. The molecule has 0 bridgehead atoms. The third kappa shape index (κ3) is 7.70. The van der Waals surface area contributed by atoms with Crippen LogP contribution in [0.5, 0.6) is 0 Å². The molecule has 1 saturated carbocycles. The van der Waals surface area contributed by atoms with E-state index >= 15 is 0 Å². The standard InChI is InChI=1S/C31H40O3/c1-4-5-6-7-24-8-12-27(13-9-24)29-16-18-30(19-17-29)28-14-10-25(11-15-28)20-26(21-32)22-34-31(33)23(2)3/h4-5,8-9,12-13,16-19,25-26,28,32H,2,6-7,10-11,14-15,20-22H2,1,3H3/b5-4+. The third-order valence-corrected chi connectivity index (χ3v) is 7.07. The first-order valence-electron chi connectivity index (χ1n) is 12.7. The predicted molar refractivity (Wildman–Crippen MR) is 141 cm³/mol. The number of benzene rings is 2. The molecule has 0 amide bonds. The molecule has 1 unspecified atom stereocenters. The molecule has 1 fully saturated rings. The zero-order valence-electron chi connectivity index (χ0n) is 20.8. The molecule has 0 aliphatic heterocycles. The highest BCUT2D eigenvalue weighted by Gasteiger charge is 2.25. The number of carbonyl (C=O) groups is 1. The number of aryl methyl sites for hydroxylation is 1. The van der Waals surface area contributed by atoms with Gasteiger partial charge in [0.05, 0.1) is 6.61 Å². The summed E-state index contributed by atoms with van der Waals surface area (Å²) in [6.07, 6.45) is 12.1. The first kappa shape index (κ1) is 26.0. The van der Waals surface area contributed by atoms with Crippen molar-refractivity contribution in [2.24, 2.45) is 11.8 Å². The maximum Gasteiger partial charge on any atom is 0.333 e. The Hall–Kier alpha value is -2.65. The van der Waals surface area contributed by atoms with Gasteiger partial charge >= 0.3 is 5.97 Å². The topological polar surface area (TPSA) is 46.5 Å². The summed E-state index contributed by atoms with van der Waals surface area (Å²) in [5.74, 6) is 0.834. The van der Waals surface area contributed by atoms with Crippen molar-refractivity contribution in [3.8, 4) is 11.1 Å². The maximum atomic E-state index is 11.6. The zero-order valence-corrected chi connectivity index (χ0v) is 20.8. The summed E-state index contributed by atoms with van der Waals surface area (Å²) in [6.45, 7) is 7.66. The molecule has 0 spiro atoms. The maximum absolute atomic E-state index is 11.6. The molecule has 34 heavy (non-hydrogen) atoms. The number of aliphatic hydroxyl groups is 1. The molecule has 0 aromatic heterocycles. The van der Waals surface area contributed by atoms with Crippen molar-refractivity contribution in [1.82, 2.24) is 0 Å². The van der Waals surface area contributed by atoms with E-state index in [0.717, 1.165) is 32.1 Å². The van der Waals surface area contributed by atoms with E-state index in [4.69, 9.17) is 4.74 Å². The van der Waals surface area contributed by atoms with Crippen LogP contribution >= 0.6 is 0 Å². The normalized spacial score (nSPS) is 19.1. The molecule has 0 saturated heterocycles. The molecular weight excluding hydrogens is 420 g/mol. The lowest BCUT2D eigenvalue weighted by molar-refractivity contribution is -0.140. The first-order chi connectivity index (χ1) is 16.5. The van der Waals surface area contributed by atoms with Crippen molar-refractivity contribution in [3.05, 3.63) is 84.0 Å². The Morgan fingerprint density at radius 2 is 1.68 bits per heavy atom. The van der Waals surface area contributed by atoms with E-state index in [0.29, 0.717) is 17.4 Å². The summed E-state index contributed by atoms with van der Waals surface area (Å²) in [4.78, 5) is 11.6. The van der Waals surface area contributed by atoms with Crippen LogP contribution in [-0.2, 0) is 16.0 Å². The number of allylic oxidation sites excluding steroid dienone is 2. The highest BCUT2D eigenvalue weighted by Crippen LogP contribution is 2.38. The molecule has 1 aliphatic carbocycles. The molecule has 3 nitrogen and oxygen atoms in total. The van der Waals surface area contributed by atoms with E-state index in [1.54, 1.807) is 6.92 Å². The summed E-state index contributed by atoms with van der Waals surface area (Å²) in [5.41, 5.74) is 5.76. The molecule has 3 rings (SSSR count). The molecular formula is C31H40O3. The van der Waals surface area contributed by atoms with Gasteiger partial charge in [-0.25, -0.2) is 4.79 Å². The second-order valence-corrected chi connectivity index (χ2v) is 9.81. The number of aliphatic hydroxyl groups excluding tert-OH is 1. The van der Waals surface area contributed by atoms with Crippen LogP contribution in [0.3, 0.4) is 0 Å². The molecule has 1 atom stereocenters. The minimum absolute atomic E-state index is 0.0126. The van der Waals surface area contributed by atoms with Crippen LogP contribution in [0.2, 0.25) is 0 Å². The van der Waals surface area contributed by atoms with Gasteiger partial charge in [0.1, 0.15) is 0 Å². The minimum Gasteiger partial charge on any atom is -0.462 e. The molecule has 1 aliphatic rings. The van der Waals surface area contributed by atoms with Gasteiger partial charge in [0, 0.05) is 18.1 Å². The highest BCUT2D eigenvalue weighted by atomic mass is 16.5. The fourth-order valence-corrected chi connectivity index (χ4v) is 4.94. The fourth-order valence-electron chi connectivity index (χ4n) is 4.94. The smallest absolute Gasteiger partial charge is 0.333 e. The molecule has 2 aromatic rings. The lowest BCUT2D eigenvalue weighted by Gasteiger charge is -2.30. The van der Waals surface area contributed by atoms with E-state index in [1.807, 2.05) is 0 Å². The second kappa shape index (κ2) is 13.3. The van der Waals surface area contributed by atoms with Crippen LogP contribution in [0.15, 0.2) is 72.8 Å². The van der Waals surface area contributed by atoms with Gasteiger partial charge in [-0.3, -0.25) is 0 Å². The summed E-state index contributed by atoms with van der Waals surface area (Å²) in [5, 5.41) is 9.71. The lowest BCUT2D eigenvalue weighted by Crippen LogP contribution is -2.23. The first-order valence-corrected chi connectivity index (χ1v) is 12.7. The Bertz CT molecular complexity index is 932. The van der Waals surface area contributed by atoms with Gasteiger partial charge in [-0.2, -0.15) is 0 Å². The SMILES string of the molecule is C=C(C)C(=O)OCC(CO)CC1CCC(c2ccc(-c3ccc(CC/C=C/C)cc3)cc2)CC1. The molecule has 0 heterocycles. The van der Waals surface area contributed by atoms with E-state index in [9.17, 15) is 9.90 Å². The van der Waals surface area contributed by atoms with Crippen molar-refractivity contribution >= 4 is 5.97 Å². The van der Waals surface area contributed by atoms with Crippen LogP contribution in [0.1, 0.15) is 69.4 Å². The molecule has 3 heteroatoms. The molecule has 2 aromatic carbocycles. The fraction of sp³-hybridized carbons (Fsp3) is 0.452. The van der Waals surface area contributed by atoms with Gasteiger partial charge < -0.3 is 9.84 Å². The van der Waals surface area contributed by atoms with Crippen LogP contribution in [0.4, 0.5) is 0 Å². The van der Waals surface area contributed by atoms with E-state index in [-0.39, 0.29) is 25.1 Å². The predicted octanol–water partition coefficient (Wildman–Crippen LogP) is 7.25. The summed E-state index contributed by atoms with van der Waals surface area (Å²) in [6, 6.07) is 18.1. The monoisotopic (exact) mass is 460 g/mol. The molecule has 1 N–H and O–H groups in total. The Morgan fingerprint density at radius 3 is 2.24 bits per heavy atom. The van der Waals surface area contributed by atoms with E-state index in [1.165, 1.54) is 35.1 Å². The number of hydrogen-bond donors (Lipinski definition) is 1. The number of carbonyl (C=O) groups excluding carboxylic acids is 1. The lowest BCUT2D eigenvalue weighted by atomic mass is 9.75. The van der Waals surface area contributed by atoms with Crippen LogP contribution in [0.25, 0.3) is 11.1 Å². The summed E-state index contributed by atoms with van der Waals surface area (Å²) in [7, 11) is 0. The van der Waals surface area contributed by atoms with Gasteiger partial charge in [0.25, 0.3) is 0 Å². The van der Waals surface area contributed by atoms with Crippen molar-refractivity contribution < 1.29 is 14.6 Å². The summed E-state index contributed by atoms with van der Waals surface area (Å²) >= 11 is 0. The summed E-state index contributed by atoms with van der Waals surface area (Å²) < 4.78 is 5.26. The van der Waals surface area contributed by atoms with E-state index < -0.39 is 0 Å². The van der Waals surface area contributed by atoms with Crippen LogP contribution in [-0.4, -0.2) is 24.3 Å². The van der Waals surface area contributed by atoms with Gasteiger partial charge in [-0.15, -0.1) is 0 Å². The zero-order chi connectivity index (χ0) is 24.3. The van der Waals surface area contributed by atoms with Crippen LogP contribution < -0.4 is 0 Å². The average Bonchev–Trinajstić information content (AvgIpc) is 2.87. The Balaban J connectivity index is 1.48. The Kier molecular flexibility index (Phi) is 10.2. The van der Waals surface area contributed by atoms with Gasteiger partial charge in [-0.1, -0.05) is 67.3 Å². The average molecular weight is 461 g/mol.